The average molecular weight is 1200 g/mol. The van der Waals surface area contributed by atoms with Crippen molar-refractivity contribution in [2.45, 2.75) is 114 Å². The van der Waals surface area contributed by atoms with E-state index in [0.717, 1.165) is 77.0 Å². The molecule has 4 aromatic carbocycles. The third-order valence-corrected chi connectivity index (χ3v) is 18.3. The van der Waals surface area contributed by atoms with Gasteiger partial charge in [-0.1, -0.05) is 120 Å². The van der Waals surface area contributed by atoms with Crippen molar-refractivity contribution in [1.82, 2.24) is 26.2 Å². The van der Waals surface area contributed by atoms with Crippen molar-refractivity contribution >= 4 is 114 Å². The van der Waals surface area contributed by atoms with Gasteiger partial charge in [-0.15, -0.1) is 0 Å². The van der Waals surface area contributed by atoms with E-state index in [1.807, 2.05) is 78.9 Å². The van der Waals surface area contributed by atoms with Gasteiger partial charge in [0.25, 0.3) is 0 Å². The Morgan fingerprint density at radius 2 is 1.41 bits per heavy atom. The van der Waals surface area contributed by atoms with Gasteiger partial charge in [0, 0.05) is 72.1 Å². The number of allylic oxidation sites excluding steroid dienone is 8. The van der Waals surface area contributed by atoms with E-state index in [1.54, 1.807) is 0 Å². The van der Waals surface area contributed by atoms with Crippen molar-refractivity contribution in [1.29, 1.82) is 0 Å². The number of hydrogen-bond donors (Lipinski definition) is 9. The van der Waals surface area contributed by atoms with Crippen LogP contribution in [0.15, 0.2) is 126 Å². The molecular formula is C62H74N11O10S2+. The van der Waals surface area contributed by atoms with Gasteiger partial charge in [-0.3, -0.25) is 43.3 Å². The number of aliphatic imine (C=N–C) groups is 1. The van der Waals surface area contributed by atoms with Gasteiger partial charge < -0.3 is 58.5 Å². The van der Waals surface area contributed by atoms with Gasteiger partial charge >= 0.3 is 11.9 Å². The zero-order chi connectivity index (χ0) is 61.2. The minimum atomic E-state index is -1.62. The Balaban J connectivity index is 1.04. The number of aliphatic carboxylic acids is 2. The highest BCUT2D eigenvalue weighted by atomic mass is 33.1. The smallest absolute Gasteiger partial charge is 0.309 e. The molecule has 0 unspecified atom stereocenters. The molecule has 2 saturated heterocycles. The van der Waals surface area contributed by atoms with Crippen LogP contribution in [0.5, 0.6) is 0 Å². The van der Waals surface area contributed by atoms with Gasteiger partial charge in [-0.25, -0.2) is 0 Å². The van der Waals surface area contributed by atoms with Crippen molar-refractivity contribution in [3.8, 4) is 0 Å². The topological polar surface area (TPSA) is 325 Å². The first-order valence-corrected chi connectivity index (χ1v) is 30.8. The van der Waals surface area contributed by atoms with Gasteiger partial charge in [0.05, 0.1) is 11.8 Å². The summed E-state index contributed by atoms with van der Waals surface area (Å²) in [6.45, 7) is 9.36. The van der Waals surface area contributed by atoms with Crippen molar-refractivity contribution in [3.63, 3.8) is 0 Å². The molecule has 2 fully saturated rings. The van der Waals surface area contributed by atoms with E-state index in [1.165, 1.54) is 4.90 Å². The van der Waals surface area contributed by atoms with E-state index in [9.17, 15) is 48.6 Å². The minimum Gasteiger partial charge on any atom is -0.481 e. The van der Waals surface area contributed by atoms with E-state index in [0.29, 0.717) is 13.0 Å². The summed E-state index contributed by atoms with van der Waals surface area (Å²) in [5, 5.41) is 34.4. The molecule has 5 atom stereocenters. The maximum atomic E-state index is 14.5. The number of carboxylic acids is 2. The van der Waals surface area contributed by atoms with Crippen LogP contribution in [0.1, 0.15) is 83.8 Å². The standard InChI is InChI=1S/C62H73N11O10S2/c1-61(2)48(22-8-6-5-7-9-23-49-62(3,4)54-40-19-13-11-17-38(40)25-27-46(54)72(49)33-29-51(75)76)71(45-26-24-37-16-10-12-18-39(37)53(45)61)32-28-50(74)67-44-36-85-84-35-43(55(63)79)70-56(80)42(34-52(77)78)69-58(82)47-21-15-31-73(47)59(83)41(68-57(44)81)20-14-30-66-60(64)65/h5-13,16-19,22-27,41-44,47H,14-15,20-21,28-36H2,1-4H3,(H11-,63,64,65,66,67,68,69,70,74,75,76,77,78,79,80,81,82)/p+1/t41-,42-,43-,44-,47-/m0/s1. The molecule has 21 nitrogen and oxygen atoms in total. The molecule has 12 N–H and O–H groups in total. The van der Waals surface area contributed by atoms with Gasteiger partial charge in [-0.2, -0.15) is 4.58 Å². The Morgan fingerprint density at radius 3 is 2.11 bits per heavy atom. The largest absolute Gasteiger partial charge is 0.481 e. The molecule has 23 heteroatoms. The summed E-state index contributed by atoms with van der Waals surface area (Å²) in [4.78, 5) is 114. The molecule has 0 aliphatic carbocycles. The Bertz CT molecular complexity index is 3480. The van der Waals surface area contributed by atoms with Crippen molar-refractivity contribution in [2.75, 3.05) is 42.6 Å². The van der Waals surface area contributed by atoms with E-state index in [4.69, 9.17) is 17.2 Å². The number of anilines is 1. The normalized spacial score (nSPS) is 22.4. The predicted octanol–water partition coefficient (Wildman–Crippen LogP) is 4.92. The number of carboxylic acid groups (broad SMARTS) is 2. The number of benzene rings is 4. The maximum Gasteiger partial charge on any atom is 0.309 e. The van der Waals surface area contributed by atoms with E-state index >= 15 is 0 Å². The monoisotopic (exact) mass is 1200 g/mol. The van der Waals surface area contributed by atoms with Crippen LogP contribution in [0.3, 0.4) is 0 Å². The first-order valence-electron chi connectivity index (χ1n) is 28.3. The number of hydrogen-bond acceptors (Lipinski definition) is 12. The summed E-state index contributed by atoms with van der Waals surface area (Å²) in [6.07, 6.45) is 13.7. The number of fused-ring (bicyclic) bond motifs is 7. The summed E-state index contributed by atoms with van der Waals surface area (Å²) in [7, 11) is 2.16. The quantitative estimate of drug-likeness (QED) is 0.0159. The molecule has 4 aromatic rings. The lowest BCUT2D eigenvalue weighted by Crippen LogP contribution is -2.59. The average Bonchev–Trinajstić information content (AvgIpc) is 3.01. The zero-order valence-corrected chi connectivity index (χ0v) is 49.7. The van der Waals surface area contributed by atoms with Gasteiger partial charge in [0.1, 0.15) is 36.6 Å². The Hall–Kier alpha value is -8.44. The molecule has 0 saturated carbocycles. The molecule has 0 spiro atoms. The second-order valence-electron chi connectivity index (χ2n) is 22.4. The fraction of sp³-hybridized carbons (Fsp3) is 0.387. The molecule has 0 aromatic heterocycles. The minimum absolute atomic E-state index is 0.0228. The number of nitrogens with two attached hydrogens (primary N) is 3. The SMILES string of the molecule is CC1(C)C(/C=C/C=C/C=C/C=C2/N(CCC(=O)N[C@H]3CSSC[C@@H](C(N)=O)NC(=O)[C@H](CC(=O)O)NC(=O)[C@@H]4CCCN4C(=O)[C@H](CCCN=C(N)N)NC3=O)c3ccc4ccccc4c3C2(C)C)=[N+](CCC(=O)O)c2ccc3ccccc3c21. The number of nitrogens with zero attached hydrogens (tertiary/aromatic N) is 4. The number of primary amides is 1. The predicted molar refractivity (Wildman–Crippen MR) is 332 cm³/mol. The zero-order valence-electron chi connectivity index (χ0n) is 48.0. The summed E-state index contributed by atoms with van der Waals surface area (Å²) in [6, 6.07) is 18.1. The summed E-state index contributed by atoms with van der Waals surface area (Å²) < 4.78 is 2.11. The summed E-state index contributed by atoms with van der Waals surface area (Å²) in [5.41, 5.74) is 21.9. The van der Waals surface area contributed by atoms with Gasteiger partial charge in [0.15, 0.2) is 18.2 Å². The number of amides is 6. The van der Waals surface area contributed by atoms with Gasteiger partial charge in [-0.05, 0) is 84.8 Å². The lowest BCUT2D eigenvalue weighted by atomic mass is 9.79. The Kier molecular flexibility index (Phi) is 20.3. The highest BCUT2D eigenvalue weighted by Crippen LogP contribution is 2.51. The summed E-state index contributed by atoms with van der Waals surface area (Å²) >= 11 is 0. The van der Waals surface area contributed by atoms with Crippen LogP contribution in [0.4, 0.5) is 11.4 Å². The number of carbonyl (C=O) groups is 8. The molecule has 4 aliphatic rings. The van der Waals surface area contributed by atoms with Crippen LogP contribution in [-0.4, -0.2) is 147 Å². The van der Waals surface area contributed by atoms with Crippen LogP contribution in [0, 0.1) is 0 Å². The highest BCUT2D eigenvalue weighted by Gasteiger charge is 2.46. The second kappa shape index (κ2) is 27.5. The van der Waals surface area contributed by atoms with Crippen molar-refractivity contribution in [2.24, 2.45) is 22.2 Å². The number of guanidine groups is 1. The van der Waals surface area contributed by atoms with Crippen molar-refractivity contribution < 1.29 is 53.1 Å². The van der Waals surface area contributed by atoms with Crippen LogP contribution in [0.2, 0.25) is 0 Å². The van der Waals surface area contributed by atoms with Gasteiger partial charge in [0.2, 0.25) is 41.1 Å². The molecule has 6 amide bonds. The molecule has 0 bridgehead atoms. The van der Waals surface area contributed by atoms with Crippen LogP contribution in [-0.2, 0) is 49.2 Å². The summed E-state index contributed by atoms with van der Waals surface area (Å²) in [5.74, 6) is -7.13. The second-order valence-corrected chi connectivity index (χ2v) is 24.9. The molecule has 4 aliphatic heterocycles. The van der Waals surface area contributed by atoms with E-state index in [-0.39, 0.29) is 69.2 Å². The maximum absolute atomic E-state index is 14.5. The van der Waals surface area contributed by atoms with Crippen LogP contribution >= 0.6 is 21.6 Å². The van der Waals surface area contributed by atoms with Crippen LogP contribution < -0.4 is 43.4 Å². The van der Waals surface area contributed by atoms with Crippen LogP contribution in [0.25, 0.3) is 21.5 Å². The highest BCUT2D eigenvalue weighted by molar-refractivity contribution is 8.76. The fourth-order valence-corrected chi connectivity index (χ4v) is 14.1. The Morgan fingerprint density at radius 1 is 0.753 bits per heavy atom. The number of nitrogens with one attached hydrogen (secondary N) is 4. The Labute approximate surface area is 501 Å². The first-order chi connectivity index (χ1) is 40.6. The lowest BCUT2D eigenvalue weighted by Gasteiger charge is -2.30. The third-order valence-electron chi connectivity index (χ3n) is 15.8. The molecular weight excluding hydrogens is 1120 g/mol. The number of rotatable bonds is 18. The molecule has 85 heavy (non-hydrogen) atoms. The molecule has 8 rings (SSSR count). The molecule has 0 radical (unpaired) electrons. The third kappa shape index (κ3) is 14.6. The number of carbonyl (C=O) groups excluding carboxylic acids is 6. The molecule has 4 heterocycles. The van der Waals surface area contributed by atoms with E-state index in [2.05, 4.69) is 99.8 Å². The first kappa shape index (κ1) is 62.6. The lowest BCUT2D eigenvalue weighted by molar-refractivity contribution is -0.436. The molecule has 448 valence electrons. The van der Waals surface area contributed by atoms with E-state index < -0.39 is 94.8 Å². The fourth-order valence-electron chi connectivity index (χ4n) is 11.8. The van der Waals surface area contributed by atoms with Crippen molar-refractivity contribution in [3.05, 3.63) is 132 Å².